The molecule has 4 N–H and O–H groups in total. The van der Waals surface area contributed by atoms with Gasteiger partial charge in [0.05, 0.1) is 23.3 Å². The molecule has 0 aliphatic heterocycles. The molecule has 0 saturated heterocycles. The molecule has 0 aliphatic carbocycles. The highest BCUT2D eigenvalue weighted by molar-refractivity contribution is 7.80. The summed E-state index contributed by atoms with van der Waals surface area (Å²) in [4.78, 5) is 17.7. The Morgan fingerprint density at radius 1 is 1.35 bits per heavy atom. The van der Waals surface area contributed by atoms with Crippen molar-refractivity contribution in [3.8, 4) is 0 Å². The molecule has 0 spiro atoms. The fourth-order valence-corrected chi connectivity index (χ4v) is 2.33. The molecule has 1 heterocycles. The monoisotopic (exact) mass is 288 g/mol. The molecule has 2 aromatic rings. The van der Waals surface area contributed by atoms with Crippen LogP contribution in [0.3, 0.4) is 0 Å². The third-order valence-electron chi connectivity index (χ3n) is 3.06. The quantitative estimate of drug-likeness (QED) is 0.807. The van der Waals surface area contributed by atoms with Gasteiger partial charge in [-0.3, -0.25) is 9.78 Å². The maximum Gasteiger partial charge on any atom is 0.236 e. The first-order chi connectivity index (χ1) is 9.54. The number of carbonyl (C=O) groups is 1. The van der Waals surface area contributed by atoms with Gasteiger partial charge >= 0.3 is 0 Å². The van der Waals surface area contributed by atoms with Crippen LogP contribution in [0.25, 0.3) is 10.9 Å². The van der Waals surface area contributed by atoms with Crippen LogP contribution in [0.1, 0.15) is 12.5 Å². The number of benzene rings is 1. The fourth-order valence-electron chi connectivity index (χ4n) is 2.18. The number of primary amides is 1. The molecule has 20 heavy (non-hydrogen) atoms. The number of nitrogens with two attached hydrogens (primary N) is 2. The number of fused-ring (bicyclic) bond motifs is 1. The second kappa shape index (κ2) is 5.83. The van der Waals surface area contributed by atoms with Gasteiger partial charge in [0, 0.05) is 18.1 Å². The Bertz CT molecular complexity index is 671. The molecule has 0 saturated carbocycles. The van der Waals surface area contributed by atoms with Crippen molar-refractivity contribution < 1.29 is 4.79 Å². The van der Waals surface area contributed by atoms with Crippen molar-refractivity contribution in [2.45, 2.75) is 6.92 Å². The molecule has 2 rings (SSSR count). The Balaban J connectivity index is 2.71. The molecule has 1 aromatic carbocycles. The minimum Gasteiger partial charge on any atom is -0.389 e. The first-order valence-corrected chi connectivity index (χ1v) is 6.66. The molecule has 0 fully saturated rings. The smallest absolute Gasteiger partial charge is 0.236 e. The van der Waals surface area contributed by atoms with Gasteiger partial charge in [0.25, 0.3) is 0 Å². The molecule has 0 aliphatic rings. The van der Waals surface area contributed by atoms with Crippen LogP contribution < -0.4 is 16.4 Å². The minimum absolute atomic E-state index is 0.111. The molecule has 5 nitrogen and oxygen atoms in total. The van der Waals surface area contributed by atoms with E-state index in [1.165, 1.54) is 0 Å². The maximum absolute atomic E-state index is 11.3. The van der Waals surface area contributed by atoms with Crippen molar-refractivity contribution in [1.29, 1.82) is 0 Å². The molecule has 6 heteroatoms. The van der Waals surface area contributed by atoms with E-state index in [0.29, 0.717) is 12.1 Å². The third-order valence-corrected chi connectivity index (χ3v) is 3.28. The molecule has 1 aromatic heterocycles. The number of thiocarbonyl (C=S) groups is 1. The van der Waals surface area contributed by atoms with Gasteiger partial charge in [0.1, 0.15) is 4.99 Å². The Hall–Kier alpha value is -2.21. The number of likely N-dealkylation sites (N-methyl/N-ethyl adjacent to an activating group) is 1. The van der Waals surface area contributed by atoms with Gasteiger partial charge in [-0.2, -0.15) is 0 Å². The van der Waals surface area contributed by atoms with E-state index in [2.05, 4.69) is 4.98 Å². The predicted octanol–water partition coefficient (Wildman–Crippen LogP) is 1.18. The van der Waals surface area contributed by atoms with Gasteiger partial charge in [0.15, 0.2) is 0 Å². The van der Waals surface area contributed by atoms with Gasteiger partial charge in [-0.25, -0.2) is 0 Å². The lowest BCUT2D eigenvalue weighted by Crippen LogP contribution is -2.35. The molecule has 104 valence electrons. The lowest BCUT2D eigenvalue weighted by molar-refractivity contribution is -0.116. The van der Waals surface area contributed by atoms with Crippen molar-refractivity contribution in [3.63, 3.8) is 0 Å². The highest BCUT2D eigenvalue weighted by Gasteiger charge is 2.17. The van der Waals surface area contributed by atoms with E-state index in [-0.39, 0.29) is 11.5 Å². The number of nitrogens with zero attached hydrogens (tertiary/aromatic N) is 2. The van der Waals surface area contributed by atoms with Crippen molar-refractivity contribution in [1.82, 2.24) is 4.98 Å². The van der Waals surface area contributed by atoms with Gasteiger partial charge in [-0.05, 0) is 13.0 Å². The lowest BCUT2D eigenvalue weighted by Gasteiger charge is -2.25. The van der Waals surface area contributed by atoms with Crippen molar-refractivity contribution in [2.24, 2.45) is 11.5 Å². The Labute approximate surface area is 122 Å². The molecule has 0 radical (unpaired) electrons. The number of para-hydroxylation sites is 1. The SMILES string of the molecule is CCN(CC(N)=O)c1c(C(N)=S)cnc2ccccc12. The Morgan fingerprint density at radius 3 is 2.65 bits per heavy atom. The van der Waals surface area contributed by atoms with Crippen molar-refractivity contribution >= 4 is 39.7 Å². The zero-order chi connectivity index (χ0) is 14.7. The number of rotatable bonds is 5. The number of carbonyl (C=O) groups excluding carboxylic acids is 1. The largest absolute Gasteiger partial charge is 0.389 e. The van der Waals surface area contributed by atoms with E-state index < -0.39 is 5.91 Å². The number of aromatic nitrogens is 1. The molecule has 1 amide bonds. The average molecular weight is 288 g/mol. The molecule has 0 unspecified atom stereocenters. The van der Waals surface area contributed by atoms with Crippen LogP contribution in [-0.4, -0.2) is 29.0 Å². The zero-order valence-electron chi connectivity index (χ0n) is 11.2. The topological polar surface area (TPSA) is 85.2 Å². The summed E-state index contributed by atoms with van der Waals surface area (Å²) >= 11 is 5.09. The van der Waals surface area contributed by atoms with E-state index in [0.717, 1.165) is 16.6 Å². The normalized spacial score (nSPS) is 10.4. The number of amides is 1. The summed E-state index contributed by atoms with van der Waals surface area (Å²) in [6.07, 6.45) is 1.64. The number of hydrogen-bond acceptors (Lipinski definition) is 4. The second-order valence-electron chi connectivity index (χ2n) is 4.38. The summed E-state index contributed by atoms with van der Waals surface area (Å²) in [5.41, 5.74) is 13.4. The Kier molecular flexibility index (Phi) is 4.14. The van der Waals surface area contributed by atoms with Crippen LogP contribution in [0.15, 0.2) is 30.5 Å². The number of hydrogen-bond donors (Lipinski definition) is 2. The molecular formula is C14H16N4OS. The van der Waals surface area contributed by atoms with Gasteiger partial charge in [-0.15, -0.1) is 0 Å². The van der Waals surface area contributed by atoms with Gasteiger partial charge in [0.2, 0.25) is 5.91 Å². The van der Waals surface area contributed by atoms with E-state index in [1.54, 1.807) is 6.20 Å². The van der Waals surface area contributed by atoms with Gasteiger partial charge in [-0.1, -0.05) is 30.4 Å². The first-order valence-electron chi connectivity index (χ1n) is 6.25. The molecule has 0 atom stereocenters. The highest BCUT2D eigenvalue weighted by atomic mass is 32.1. The van der Waals surface area contributed by atoms with Crippen LogP contribution in [0.4, 0.5) is 5.69 Å². The standard InChI is InChI=1S/C14H16N4OS/c1-2-18(8-12(15)19)13-9-5-3-4-6-11(9)17-7-10(13)14(16)20/h3-7H,2,8H2,1H3,(H2,15,19)(H2,16,20). The predicted molar refractivity (Wildman–Crippen MR) is 84.7 cm³/mol. The highest BCUT2D eigenvalue weighted by Crippen LogP contribution is 2.29. The minimum atomic E-state index is -0.401. The summed E-state index contributed by atoms with van der Waals surface area (Å²) in [7, 11) is 0. The van der Waals surface area contributed by atoms with Crippen molar-refractivity contribution in [2.75, 3.05) is 18.0 Å². The summed E-state index contributed by atoms with van der Waals surface area (Å²) in [5.74, 6) is -0.401. The van der Waals surface area contributed by atoms with E-state index in [9.17, 15) is 4.79 Å². The molecular weight excluding hydrogens is 272 g/mol. The Morgan fingerprint density at radius 2 is 2.05 bits per heavy atom. The summed E-state index contributed by atoms with van der Waals surface area (Å²) in [5, 5.41) is 0.904. The summed E-state index contributed by atoms with van der Waals surface area (Å²) in [6, 6.07) is 7.66. The maximum atomic E-state index is 11.3. The van der Waals surface area contributed by atoms with E-state index in [4.69, 9.17) is 23.7 Å². The van der Waals surface area contributed by atoms with Crippen LogP contribution in [-0.2, 0) is 4.79 Å². The van der Waals surface area contributed by atoms with Crippen molar-refractivity contribution in [3.05, 3.63) is 36.0 Å². The van der Waals surface area contributed by atoms with Crippen LogP contribution in [0.2, 0.25) is 0 Å². The van der Waals surface area contributed by atoms with E-state index in [1.807, 2.05) is 36.1 Å². The summed E-state index contributed by atoms with van der Waals surface area (Å²) in [6.45, 7) is 2.67. The lowest BCUT2D eigenvalue weighted by atomic mass is 10.1. The third kappa shape index (κ3) is 2.70. The zero-order valence-corrected chi connectivity index (χ0v) is 12.0. The summed E-state index contributed by atoms with van der Waals surface area (Å²) < 4.78 is 0. The van der Waals surface area contributed by atoms with Crippen LogP contribution in [0.5, 0.6) is 0 Å². The van der Waals surface area contributed by atoms with E-state index >= 15 is 0 Å². The van der Waals surface area contributed by atoms with Crippen LogP contribution >= 0.6 is 12.2 Å². The number of anilines is 1. The first kappa shape index (κ1) is 14.2. The second-order valence-corrected chi connectivity index (χ2v) is 4.82. The molecule has 0 bridgehead atoms. The van der Waals surface area contributed by atoms with Gasteiger partial charge < -0.3 is 16.4 Å². The average Bonchev–Trinajstić information content (AvgIpc) is 2.43. The fraction of sp³-hybridized carbons (Fsp3) is 0.214. The van der Waals surface area contributed by atoms with Crippen LogP contribution in [0, 0.1) is 0 Å². The number of pyridine rings is 1.